The highest BCUT2D eigenvalue weighted by Gasteiger charge is 2.37. The number of carbonyl (C=O) groups is 1. The Morgan fingerprint density at radius 1 is 1.16 bits per heavy atom. The molecule has 2 aromatic carbocycles. The van der Waals surface area contributed by atoms with Gasteiger partial charge in [-0.05, 0) is 38.1 Å². The second-order valence-corrected chi connectivity index (χ2v) is 9.36. The van der Waals surface area contributed by atoms with Crippen LogP contribution in [-0.2, 0) is 14.8 Å². The topological polar surface area (TPSA) is 94.2 Å². The summed E-state index contributed by atoms with van der Waals surface area (Å²) >= 11 is 0. The van der Waals surface area contributed by atoms with Gasteiger partial charge in [0, 0.05) is 18.7 Å². The van der Waals surface area contributed by atoms with Crippen molar-refractivity contribution in [2.45, 2.75) is 18.7 Å². The maximum Gasteiger partial charge on any atom is 0.262 e. The molecule has 0 bridgehead atoms. The van der Waals surface area contributed by atoms with Crippen molar-refractivity contribution in [3.05, 3.63) is 49.1 Å². The van der Waals surface area contributed by atoms with Crippen LogP contribution in [0.15, 0.2) is 53.9 Å². The van der Waals surface area contributed by atoms with Crippen LogP contribution in [0.4, 0.5) is 11.4 Å². The zero-order valence-electron chi connectivity index (χ0n) is 18.0. The first-order chi connectivity index (χ1) is 14.6. The molecule has 0 aromatic heterocycles. The number of rotatable bonds is 7. The molecule has 166 valence electrons. The van der Waals surface area contributed by atoms with E-state index in [0.29, 0.717) is 35.2 Å². The number of ether oxygens (including phenoxy) is 3. The molecule has 0 saturated heterocycles. The van der Waals surface area contributed by atoms with Gasteiger partial charge in [-0.2, -0.15) is 0 Å². The molecule has 0 fully saturated rings. The Kier molecular flexibility index (Phi) is 6.17. The van der Waals surface area contributed by atoms with Crippen LogP contribution >= 0.6 is 0 Å². The molecule has 0 spiro atoms. The molecule has 8 nitrogen and oxygen atoms in total. The molecule has 0 radical (unpaired) electrons. The van der Waals surface area contributed by atoms with Crippen LogP contribution in [-0.4, -0.2) is 41.7 Å². The molecule has 31 heavy (non-hydrogen) atoms. The van der Waals surface area contributed by atoms with Crippen molar-refractivity contribution in [3.8, 4) is 17.2 Å². The van der Waals surface area contributed by atoms with Gasteiger partial charge in [-0.3, -0.25) is 9.52 Å². The van der Waals surface area contributed by atoms with Crippen molar-refractivity contribution in [2.24, 2.45) is 5.41 Å². The minimum atomic E-state index is -3.90. The fourth-order valence-electron chi connectivity index (χ4n) is 3.22. The SMILES string of the molecule is C=CCN1C(=O)C(C)(C)COc2cc(NS(=O)(=O)c3ccc(OC)c(OC)c3)ccc21. The third kappa shape index (κ3) is 4.46. The summed E-state index contributed by atoms with van der Waals surface area (Å²) in [5.74, 6) is 1.05. The molecular formula is C22H26N2O6S. The number of carbonyl (C=O) groups excluding carboxylic acids is 1. The fourth-order valence-corrected chi connectivity index (χ4v) is 4.28. The highest BCUT2D eigenvalue weighted by Crippen LogP contribution is 2.38. The van der Waals surface area contributed by atoms with Crippen molar-refractivity contribution >= 4 is 27.3 Å². The lowest BCUT2D eigenvalue weighted by atomic mass is 9.93. The van der Waals surface area contributed by atoms with Crippen LogP contribution in [0.2, 0.25) is 0 Å². The lowest BCUT2D eigenvalue weighted by molar-refractivity contribution is -0.127. The monoisotopic (exact) mass is 446 g/mol. The number of amides is 1. The number of hydrogen-bond donors (Lipinski definition) is 1. The van der Waals surface area contributed by atoms with E-state index in [1.54, 1.807) is 43.0 Å². The van der Waals surface area contributed by atoms with E-state index < -0.39 is 15.4 Å². The van der Waals surface area contributed by atoms with E-state index in [1.807, 2.05) is 0 Å². The summed E-state index contributed by atoms with van der Waals surface area (Å²) in [6.07, 6.45) is 1.64. The molecule has 0 saturated carbocycles. The Hall–Kier alpha value is -3.20. The Labute approximate surface area is 182 Å². The minimum Gasteiger partial charge on any atom is -0.493 e. The number of methoxy groups -OCH3 is 2. The lowest BCUT2D eigenvalue weighted by Gasteiger charge is -2.27. The summed E-state index contributed by atoms with van der Waals surface area (Å²) in [6.45, 7) is 7.81. The van der Waals surface area contributed by atoms with Gasteiger partial charge in [0.25, 0.3) is 10.0 Å². The number of anilines is 2. The van der Waals surface area contributed by atoms with Gasteiger partial charge in [0.1, 0.15) is 12.4 Å². The van der Waals surface area contributed by atoms with E-state index in [4.69, 9.17) is 14.2 Å². The predicted molar refractivity (Wildman–Crippen MR) is 119 cm³/mol. The van der Waals surface area contributed by atoms with Crippen molar-refractivity contribution < 1.29 is 27.4 Å². The highest BCUT2D eigenvalue weighted by atomic mass is 32.2. The zero-order chi connectivity index (χ0) is 22.8. The second kappa shape index (κ2) is 8.50. The van der Waals surface area contributed by atoms with Gasteiger partial charge in [-0.15, -0.1) is 6.58 Å². The van der Waals surface area contributed by atoms with E-state index in [1.165, 1.54) is 32.4 Å². The van der Waals surface area contributed by atoms with E-state index in [9.17, 15) is 13.2 Å². The fraction of sp³-hybridized carbons (Fsp3) is 0.318. The van der Waals surface area contributed by atoms with E-state index in [0.717, 1.165) is 0 Å². The Morgan fingerprint density at radius 2 is 1.87 bits per heavy atom. The molecule has 1 aliphatic heterocycles. The summed E-state index contributed by atoms with van der Waals surface area (Å²) in [5, 5.41) is 0. The number of hydrogen-bond acceptors (Lipinski definition) is 6. The number of benzene rings is 2. The molecule has 3 rings (SSSR count). The summed E-state index contributed by atoms with van der Waals surface area (Å²) in [7, 11) is -0.994. The summed E-state index contributed by atoms with van der Waals surface area (Å²) in [5.41, 5.74) is 0.130. The van der Waals surface area contributed by atoms with Crippen molar-refractivity contribution in [3.63, 3.8) is 0 Å². The van der Waals surface area contributed by atoms with Crippen LogP contribution < -0.4 is 23.8 Å². The van der Waals surface area contributed by atoms with Crippen LogP contribution in [0.5, 0.6) is 17.2 Å². The summed E-state index contributed by atoms with van der Waals surface area (Å²) in [6, 6.07) is 9.14. The van der Waals surface area contributed by atoms with Crippen LogP contribution in [0.1, 0.15) is 13.8 Å². The first-order valence-corrected chi connectivity index (χ1v) is 11.1. The number of nitrogens with zero attached hydrogens (tertiary/aromatic N) is 1. The van der Waals surface area contributed by atoms with Crippen molar-refractivity contribution in [2.75, 3.05) is 37.0 Å². The van der Waals surface area contributed by atoms with E-state index in [2.05, 4.69) is 11.3 Å². The van der Waals surface area contributed by atoms with Crippen molar-refractivity contribution in [1.29, 1.82) is 0 Å². The molecule has 0 unspecified atom stereocenters. The van der Waals surface area contributed by atoms with Crippen LogP contribution in [0.3, 0.4) is 0 Å². The normalized spacial score (nSPS) is 15.4. The minimum absolute atomic E-state index is 0.0191. The molecule has 1 heterocycles. The average Bonchev–Trinajstić information content (AvgIpc) is 2.83. The van der Waals surface area contributed by atoms with Gasteiger partial charge < -0.3 is 19.1 Å². The third-order valence-corrected chi connectivity index (χ3v) is 6.27. The maximum absolute atomic E-state index is 12.9. The summed E-state index contributed by atoms with van der Waals surface area (Å²) in [4.78, 5) is 14.5. The van der Waals surface area contributed by atoms with Gasteiger partial charge >= 0.3 is 0 Å². The molecule has 0 aliphatic carbocycles. The van der Waals surface area contributed by atoms with Crippen LogP contribution in [0, 0.1) is 5.41 Å². The highest BCUT2D eigenvalue weighted by molar-refractivity contribution is 7.92. The van der Waals surface area contributed by atoms with Gasteiger partial charge in [0.2, 0.25) is 5.91 Å². The van der Waals surface area contributed by atoms with E-state index in [-0.39, 0.29) is 17.4 Å². The average molecular weight is 447 g/mol. The van der Waals surface area contributed by atoms with Gasteiger partial charge in [-0.1, -0.05) is 6.08 Å². The van der Waals surface area contributed by atoms with Gasteiger partial charge in [-0.25, -0.2) is 8.42 Å². The Morgan fingerprint density at radius 3 is 2.52 bits per heavy atom. The second-order valence-electron chi connectivity index (χ2n) is 7.68. The number of nitrogens with one attached hydrogen (secondary N) is 1. The van der Waals surface area contributed by atoms with E-state index >= 15 is 0 Å². The standard InChI is InChI=1S/C22H26N2O6S/c1-6-11-24-17-9-7-15(12-19(17)30-14-22(2,3)21(24)25)23-31(26,27)16-8-10-18(28-4)20(13-16)29-5/h6-10,12-13,23H,1,11,14H2,2-5H3. The Bertz CT molecular complexity index is 1110. The maximum atomic E-state index is 12.9. The molecule has 1 aliphatic rings. The molecule has 1 N–H and O–H groups in total. The zero-order valence-corrected chi connectivity index (χ0v) is 18.8. The van der Waals surface area contributed by atoms with Gasteiger partial charge in [0.15, 0.2) is 11.5 Å². The molecule has 1 amide bonds. The molecule has 0 atom stereocenters. The van der Waals surface area contributed by atoms with Crippen LogP contribution in [0.25, 0.3) is 0 Å². The van der Waals surface area contributed by atoms with Gasteiger partial charge in [0.05, 0.1) is 35.9 Å². The van der Waals surface area contributed by atoms with Crippen molar-refractivity contribution in [1.82, 2.24) is 0 Å². The third-order valence-electron chi connectivity index (χ3n) is 4.89. The Balaban J connectivity index is 1.95. The quantitative estimate of drug-likeness (QED) is 0.655. The smallest absolute Gasteiger partial charge is 0.262 e. The molecule has 2 aromatic rings. The number of sulfonamides is 1. The molecule has 9 heteroatoms. The lowest BCUT2D eigenvalue weighted by Crippen LogP contribution is -2.42. The first kappa shape index (κ1) is 22.5. The molecular weight excluding hydrogens is 420 g/mol. The first-order valence-electron chi connectivity index (χ1n) is 9.57. The number of fused-ring (bicyclic) bond motifs is 1. The largest absolute Gasteiger partial charge is 0.493 e. The summed E-state index contributed by atoms with van der Waals surface area (Å²) < 4.78 is 44.6. The predicted octanol–water partition coefficient (Wildman–Crippen LogP) is 3.44.